The van der Waals surface area contributed by atoms with Gasteiger partial charge in [-0.1, -0.05) is 183 Å². The predicted molar refractivity (Wildman–Crippen MR) is 260 cm³/mol. The second kappa shape index (κ2) is 38.9. The monoisotopic (exact) mass is 852 g/mol. The fraction of sp³-hybridized carbons (Fsp3) is 0.942. The van der Waals surface area contributed by atoms with Crippen LogP contribution < -0.4 is 0 Å². The quantitative estimate of drug-likeness (QED) is 0.0275. The minimum atomic E-state index is -1.88. The molecular formula is C52H105NO5Si. The van der Waals surface area contributed by atoms with Crippen LogP contribution in [0.1, 0.15) is 248 Å². The topological polar surface area (TPSA) is 79.2 Å². The summed E-state index contributed by atoms with van der Waals surface area (Å²) in [5.41, 5.74) is 0. The number of aliphatic hydroxyl groups excluding tert-OH is 2. The third-order valence-corrected chi connectivity index (χ3v) is 17.4. The average Bonchev–Trinajstić information content (AvgIpc) is 3.16. The van der Waals surface area contributed by atoms with Gasteiger partial charge in [0.25, 0.3) is 0 Å². The van der Waals surface area contributed by atoms with Gasteiger partial charge in [-0.15, -0.1) is 0 Å². The summed E-state index contributed by atoms with van der Waals surface area (Å²) in [4.78, 5) is 15.1. The van der Waals surface area contributed by atoms with Gasteiger partial charge >= 0.3 is 5.97 Å². The van der Waals surface area contributed by atoms with E-state index in [0.29, 0.717) is 32.5 Å². The van der Waals surface area contributed by atoms with Gasteiger partial charge in [0.15, 0.2) is 8.32 Å². The Balaban J connectivity index is 4.70. The molecule has 3 unspecified atom stereocenters. The molecule has 0 fully saturated rings. The summed E-state index contributed by atoms with van der Waals surface area (Å²) in [7, 11) is -1.88. The Morgan fingerprint density at radius 3 is 1.46 bits per heavy atom. The van der Waals surface area contributed by atoms with Crippen molar-refractivity contribution < 1.29 is 24.2 Å². The molecule has 0 radical (unpaired) electrons. The molecule has 0 aromatic rings. The highest BCUT2D eigenvalue weighted by Gasteiger charge is 2.37. The highest BCUT2D eigenvalue weighted by molar-refractivity contribution is 6.74. The second-order valence-electron chi connectivity index (χ2n) is 20.3. The van der Waals surface area contributed by atoms with E-state index in [0.717, 1.165) is 76.7 Å². The zero-order chi connectivity index (χ0) is 44.0. The number of esters is 1. The molecule has 3 atom stereocenters. The van der Waals surface area contributed by atoms with Crippen molar-refractivity contribution in [1.29, 1.82) is 0 Å². The van der Waals surface area contributed by atoms with E-state index in [1.165, 1.54) is 122 Å². The Morgan fingerprint density at radius 2 is 1.00 bits per heavy atom. The number of nitrogens with zero attached hydrogens (tertiary/aromatic N) is 1. The van der Waals surface area contributed by atoms with E-state index in [-0.39, 0.29) is 17.1 Å². The van der Waals surface area contributed by atoms with Crippen molar-refractivity contribution in [2.45, 2.75) is 284 Å². The summed E-state index contributed by atoms with van der Waals surface area (Å²) >= 11 is 0. The van der Waals surface area contributed by atoms with Crippen LogP contribution in [0.15, 0.2) is 12.2 Å². The molecule has 352 valence electrons. The van der Waals surface area contributed by atoms with E-state index in [1.54, 1.807) is 0 Å². The van der Waals surface area contributed by atoms with Gasteiger partial charge in [0.1, 0.15) is 6.10 Å². The van der Waals surface area contributed by atoms with Crippen molar-refractivity contribution in [1.82, 2.24) is 4.90 Å². The summed E-state index contributed by atoms with van der Waals surface area (Å²) in [6.07, 6.45) is 39.6. The predicted octanol–water partition coefficient (Wildman–Crippen LogP) is 15.3. The lowest BCUT2D eigenvalue weighted by atomic mass is 10.0. The van der Waals surface area contributed by atoms with Crippen LogP contribution in [0, 0.1) is 5.92 Å². The minimum Gasteiger partial charge on any atom is -0.462 e. The van der Waals surface area contributed by atoms with Crippen LogP contribution in [0.4, 0.5) is 0 Å². The van der Waals surface area contributed by atoms with Crippen molar-refractivity contribution >= 4 is 14.3 Å². The van der Waals surface area contributed by atoms with Crippen molar-refractivity contribution in [3.63, 3.8) is 0 Å². The van der Waals surface area contributed by atoms with Gasteiger partial charge in [-0.2, -0.15) is 0 Å². The molecule has 0 amide bonds. The number of hydrogen-bond donors (Lipinski definition) is 2. The van der Waals surface area contributed by atoms with E-state index >= 15 is 0 Å². The summed E-state index contributed by atoms with van der Waals surface area (Å²) in [6, 6.07) is 0. The first-order chi connectivity index (χ1) is 28.2. The summed E-state index contributed by atoms with van der Waals surface area (Å²) < 4.78 is 12.6. The molecule has 7 heteroatoms. The van der Waals surface area contributed by atoms with E-state index in [1.807, 2.05) is 0 Å². The van der Waals surface area contributed by atoms with Crippen LogP contribution in [0.2, 0.25) is 18.1 Å². The summed E-state index contributed by atoms with van der Waals surface area (Å²) in [5.74, 6) is 0.733. The molecule has 0 aromatic carbocycles. The number of hydrogen-bond acceptors (Lipinski definition) is 6. The molecule has 0 aliphatic rings. The molecule has 0 spiro atoms. The van der Waals surface area contributed by atoms with Crippen LogP contribution in [-0.4, -0.2) is 74.0 Å². The lowest BCUT2D eigenvalue weighted by molar-refractivity contribution is -0.150. The molecule has 0 bridgehead atoms. The lowest BCUT2D eigenvalue weighted by Gasteiger charge is -2.37. The van der Waals surface area contributed by atoms with Gasteiger partial charge in [-0.05, 0) is 94.7 Å². The highest BCUT2D eigenvalue weighted by Crippen LogP contribution is 2.36. The highest BCUT2D eigenvalue weighted by atomic mass is 28.4. The molecule has 0 saturated carbocycles. The van der Waals surface area contributed by atoms with Crippen molar-refractivity contribution in [2.75, 3.05) is 26.2 Å². The largest absolute Gasteiger partial charge is 0.462 e. The SMILES string of the molecule is CCCCCCCC/C=C\CCCCCCC(O)CN(CCO[Si](C)(C)C(C)(C)C)CC(O)CCCCCC(=O)OC(CCCCCCCC)CCCCCCC(C)C. The standard InChI is InChI=1S/C52H105NO5Si/c1-10-12-14-16-18-19-20-21-22-23-24-25-26-32-38-48(54)45-53(43-44-57-59(8,9)52(5,6)7)46-49(55)39-33-30-36-42-51(56)58-50(40-34-27-17-15-13-11-2)41-35-29-28-31-37-47(3)4/h21-22,47-50,54-55H,10-20,23-46H2,1-9H3/b22-21-. The zero-order valence-corrected chi connectivity index (χ0v) is 42.3. The maximum Gasteiger partial charge on any atom is 0.306 e. The van der Waals surface area contributed by atoms with Crippen LogP contribution in [0.3, 0.4) is 0 Å². The first-order valence-electron chi connectivity index (χ1n) is 25.8. The molecule has 2 N–H and O–H groups in total. The molecule has 0 aliphatic heterocycles. The van der Waals surface area contributed by atoms with Gasteiger partial charge in [0, 0.05) is 32.7 Å². The Labute approximate surface area is 370 Å². The average molecular weight is 852 g/mol. The van der Waals surface area contributed by atoms with Gasteiger partial charge in [-0.3, -0.25) is 9.69 Å². The van der Waals surface area contributed by atoms with Gasteiger partial charge in [0.2, 0.25) is 0 Å². The van der Waals surface area contributed by atoms with Gasteiger partial charge in [-0.25, -0.2) is 0 Å². The van der Waals surface area contributed by atoms with E-state index in [4.69, 9.17) is 9.16 Å². The number of unbranched alkanes of at least 4 members (excludes halogenated alkanes) is 20. The summed E-state index contributed by atoms with van der Waals surface area (Å²) in [5, 5.41) is 22.3. The van der Waals surface area contributed by atoms with E-state index < -0.39 is 20.5 Å². The normalized spacial score (nSPS) is 14.2. The molecule has 0 heterocycles. The number of carbonyl (C=O) groups excluding carboxylic acids is 1. The Morgan fingerprint density at radius 1 is 0.593 bits per heavy atom. The maximum absolute atomic E-state index is 12.9. The number of carbonyl (C=O) groups is 1. The van der Waals surface area contributed by atoms with Crippen LogP contribution in [0.5, 0.6) is 0 Å². The van der Waals surface area contributed by atoms with Gasteiger partial charge < -0.3 is 19.4 Å². The number of aliphatic hydroxyl groups is 2. The van der Waals surface area contributed by atoms with E-state index in [9.17, 15) is 15.0 Å². The summed E-state index contributed by atoms with van der Waals surface area (Å²) in [6.45, 7) is 23.0. The van der Waals surface area contributed by atoms with Crippen molar-refractivity contribution in [2.24, 2.45) is 5.92 Å². The van der Waals surface area contributed by atoms with Gasteiger partial charge in [0.05, 0.1) is 12.2 Å². The zero-order valence-electron chi connectivity index (χ0n) is 41.3. The third kappa shape index (κ3) is 37.5. The molecule has 0 aliphatic carbocycles. The van der Waals surface area contributed by atoms with E-state index in [2.05, 4.69) is 78.6 Å². The molecule has 0 aromatic heterocycles. The number of ether oxygens (including phenoxy) is 1. The Bertz CT molecular complexity index is 950. The molecular weight excluding hydrogens is 747 g/mol. The van der Waals surface area contributed by atoms with Crippen LogP contribution >= 0.6 is 0 Å². The van der Waals surface area contributed by atoms with Crippen molar-refractivity contribution in [3.8, 4) is 0 Å². The van der Waals surface area contributed by atoms with Crippen molar-refractivity contribution in [3.05, 3.63) is 12.2 Å². The molecule has 0 rings (SSSR count). The first kappa shape index (κ1) is 58.3. The minimum absolute atomic E-state index is 0.0427. The Kier molecular flexibility index (Phi) is 38.4. The second-order valence-corrected chi connectivity index (χ2v) is 25.2. The van der Waals surface area contributed by atoms with Crippen LogP contribution in [0.25, 0.3) is 0 Å². The molecule has 6 nitrogen and oxygen atoms in total. The van der Waals surface area contributed by atoms with Crippen LogP contribution in [-0.2, 0) is 14.0 Å². The first-order valence-corrected chi connectivity index (χ1v) is 28.7. The maximum atomic E-state index is 12.9. The third-order valence-electron chi connectivity index (χ3n) is 12.8. The number of rotatable bonds is 43. The Hall–Kier alpha value is -0.733. The smallest absolute Gasteiger partial charge is 0.306 e. The molecule has 0 saturated heterocycles. The fourth-order valence-electron chi connectivity index (χ4n) is 7.72. The number of allylic oxidation sites excluding steroid dienone is 2. The fourth-order valence-corrected chi connectivity index (χ4v) is 8.75. The molecule has 59 heavy (non-hydrogen) atoms. The lowest BCUT2D eigenvalue weighted by Crippen LogP contribution is -2.45.